The summed E-state index contributed by atoms with van der Waals surface area (Å²) < 4.78 is 5.54. The molecule has 0 bridgehead atoms. The van der Waals surface area contributed by atoms with Gasteiger partial charge in [0.1, 0.15) is 5.52 Å². The fourth-order valence-corrected chi connectivity index (χ4v) is 1.77. The third-order valence-electron chi connectivity index (χ3n) is 2.63. The lowest BCUT2D eigenvalue weighted by Gasteiger charge is -1.91. The standard InChI is InChI=1S/C16H11NO/c1-12-5-4-6-13(11-12)9-10-16-17-14-7-2-3-8-15(14)18-16/h2-8,11H,1H3. The largest absolute Gasteiger partial charge is 0.430 e. The number of para-hydroxylation sites is 2. The van der Waals surface area contributed by atoms with Crippen molar-refractivity contribution in [1.82, 2.24) is 4.98 Å². The zero-order valence-corrected chi connectivity index (χ0v) is 9.97. The second-order valence-corrected chi connectivity index (χ2v) is 4.11. The second-order valence-electron chi connectivity index (χ2n) is 4.11. The smallest absolute Gasteiger partial charge is 0.274 e. The van der Waals surface area contributed by atoms with Gasteiger partial charge in [0.05, 0.1) is 0 Å². The predicted molar refractivity (Wildman–Crippen MR) is 71.2 cm³/mol. The van der Waals surface area contributed by atoms with Crippen molar-refractivity contribution in [3.8, 4) is 11.8 Å². The van der Waals surface area contributed by atoms with Crippen LogP contribution in [0.25, 0.3) is 11.1 Å². The molecule has 0 unspecified atom stereocenters. The highest BCUT2D eigenvalue weighted by molar-refractivity contribution is 5.72. The molecule has 1 aromatic heterocycles. The molecular weight excluding hydrogens is 222 g/mol. The number of aryl methyl sites for hydroxylation is 1. The average Bonchev–Trinajstić information content (AvgIpc) is 2.79. The van der Waals surface area contributed by atoms with Crippen molar-refractivity contribution in [2.24, 2.45) is 0 Å². The zero-order chi connectivity index (χ0) is 12.4. The summed E-state index contributed by atoms with van der Waals surface area (Å²) in [5.74, 6) is 6.46. The summed E-state index contributed by atoms with van der Waals surface area (Å²) in [5.41, 5.74) is 3.77. The van der Waals surface area contributed by atoms with E-state index in [0.29, 0.717) is 5.89 Å². The van der Waals surface area contributed by atoms with E-state index in [1.54, 1.807) is 0 Å². The summed E-state index contributed by atoms with van der Waals surface area (Å²) in [6, 6.07) is 15.7. The maximum atomic E-state index is 5.54. The van der Waals surface area contributed by atoms with Crippen molar-refractivity contribution in [1.29, 1.82) is 0 Å². The van der Waals surface area contributed by atoms with Crippen LogP contribution >= 0.6 is 0 Å². The minimum atomic E-state index is 0.456. The Labute approximate surface area is 105 Å². The molecule has 0 amide bonds. The maximum absolute atomic E-state index is 5.54. The van der Waals surface area contributed by atoms with Crippen LogP contribution < -0.4 is 0 Å². The Bertz CT molecular complexity index is 726. The summed E-state index contributed by atoms with van der Waals surface area (Å²) in [6.45, 7) is 2.05. The van der Waals surface area contributed by atoms with E-state index in [0.717, 1.165) is 16.7 Å². The Kier molecular flexibility index (Phi) is 2.59. The van der Waals surface area contributed by atoms with Crippen molar-refractivity contribution in [2.45, 2.75) is 6.92 Å². The molecule has 3 aromatic rings. The van der Waals surface area contributed by atoms with Crippen LogP contribution in [-0.4, -0.2) is 4.98 Å². The Balaban J connectivity index is 1.97. The molecule has 0 fully saturated rings. The highest BCUT2D eigenvalue weighted by Gasteiger charge is 2.00. The van der Waals surface area contributed by atoms with Gasteiger partial charge in [-0.05, 0) is 42.7 Å². The fourth-order valence-electron chi connectivity index (χ4n) is 1.77. The monoisotopic (exact) mass is 233 g/mol. The maximum Gasteiger partial charge on any atom is 0.274 e. The first-order chi connectivity index (χ1) is 8.81. The van der Waals surface area contributed by atoms with Crippen molar-refractivity contribution < 1.29 is 4.42 Å². The van der Waals surface area contributed by atoms with E-state index < -0.39 is 0 Å². The molecule has 0 N–H and O–H groups in total. The number of benzene rings is 2. The third-order valence-corrected chi connectivity index (χ3v) is 2.63. The lowest BCUT2D eigenvalue weighted by Crippen LogP contribution is -1.77. The Hall–Kier alpha value is -2.53. The van der Waals surface area contributed by atoms with Gasteiger partial charge in [-0.2, -0.15) is 0 Å². The van der Waals surface area contributed by atoms with Crippen LogP contribution in [0.4, 0.5) is 0 Å². The molecule has 0 atom stereocenters. The summed E-state index contributed by atoms with van der Waals surface area (Å²) in [4.78, 5) is 4.31. The van der Waals surface area contributed by atoms with E-state index in [1.807, 2.05) is 55.5 Å². The van der Waals surface area contributed by atoms with Gasteiger partial charge in [0.15, 0.2) is 5.58 Å². The number of rotatable bonds is 0. The van der Waals surface area contributed by atoms with Crippen molar-refractivity contribution in [3.63, 3.8) is 0 Å². The highest BCUT2D eigenvalue weighted by Crippen LogP contribution is 2.13. The quantitative estimate of drug-likeness (QED) is 0.555. The molecule has 0 spiro atoms. The molecule has 0 aliphatic heterocycles. The van der Waals surface area contributed by atoms with Gasteiger partial charge >= 0.3 is 0 Å². The summed E-state index contributed by atoms with van der Waals surface area (Å²) in [5, 5.41) is 0. The van der Waals surface area contributed by atoms with E-state index in [-0.39, 0.29) is 0 Å². The normalized spacial score (nSPS) is 10.1. The van der Waals surface area contributed by atoms with Crippen molar-refractivity contribution >= 4 is 11.1 Å². The molecule has 0 saturated carbocycles. The first-order valence-electron chi connectivity index (χ1n) is 5.75. The fraction of sp³-hybridized carbons (Fsp3) is 0.0625. The van der Waals surface area contributed by atoms with Crippen LogP contribution in [0.1, 0.15) is 17.0 Å². The molecule has 0 saturated heterocycles. The molecule has 2 nitrogen and oxygen atoms in total. The molecule has 0 aliphatic carbocycles. The lowest BCUT2D eigenvalue weighted by molar-refractivity contribution is 0.586. The van der Waals surface area contributed by atoms with E-state index in [1.165, 1.54) is 5.56 Å². The molecule has 2 aromatic carbocycles. The van der Waals surface area contributed by atoms with E-state index >= 15 is 0 Å². The van der Waals surface area contributed by atoms with Crippen LogP contribution in [-0.2, 0) is 0 Å². The minimum Gasteiger partial charge on any atom is -0.430 e. The van der Waals surface area contributed by atoms with E-state index in [4.69, 9.17) is 4.42 Å². The van der Waals surface area contributed by atoms with Gasteiger partial charge in [-0.15, -0.1) is 0 Å². The van der Waals surface area contributed by atoms with Gasteiger partial charge in [0, 0.05) is 5.56 Å². The zero-order valence-electron chi connectivity index (χ0n) is 9.97. The molecule has 2 heteroatoms. The molecule has 86 valence electrons. The van der Waals surface area contributed by atoms with Crippen LogP contribution in [0.3, 0.4) is 0 Å². The molecule has 1 heterocycles. The predicted octanol–water partition coefficient (Wildman–Crippen LogP) is 3.54. The topological polar surface area (TPSA) is 26.0 Å². The molecular formula is C16H11NO. The van der Waals surface area contributed by atoms with Gasteiger partial charge in [-0.25, -0.2) is 4.98 Å². The van der Waals surface area contributed by atoms with Crippen LogP contribution in [0.15, 0.2) is 52.9 Å². The number of hydrogen-bond donors (Lipinski definition) is 0. The number of aromatic nitrogens is 1. The van der Waals surface area contributed by atoms with Crippen LogP contribution in [0, 0.1) is 18.8 Å². The van der Waals surface area contributed by atoms with Crippen LogP contribution in [0.5, 0.6) is 0 Å². The second kappa shape index (κ2) is 4.38. The number of nitrogens with zero attached hydrogens (tertiary/aromatic N) is 1. The van der Waals surface area contributed by atoms with E-state index in [9.17, 15) is 0 Å². The Morgan fingerprint density at radius 2 is 1.89 bits per heavy atom. The lowest BCUT2D eigenvalue weighted by atomic mass is 10.1. The molecule has 3 rings (SSSR count). The SMILES string of the molecule is Cc1cccc(C#Cc2nc3ccccc3o2)c1. The molecule has 0 aliphatic rings. The van der Waals surface area contributed by atoms with Gasteiger partial charge < -0.3 is 4.42 Å². The van der Waals surface area contributed by atoms with E-state index in [2.05, 4.69) is 16.8 Å². The molecule has 18 heavy (non-hydrogen) atoms. The van der Waals surface area contributed by atoms with Gasteiger partial charge in [0.2, 0.25) is 0 Å². The van der Waals surface area contributed by atoms with Gasteiger partial charge in [0.25, 0.3) is 5.89 Å². The highest BCUT2D eigenvalue weighted by atomic mass is 16.3. The summed E-state index contributed by atoms with van der Waals surface area (Å²) in [7, 11) is 0. The number of hydrogen-bond acceptors (Lipinski definition) is 2. The minimum absolute atomic E-state index is 0.456. The summed E-state index contributed by atoms with van der Waals surface area (Å²) in [6.07, 6.45) is 0. The molecule has 0 radical (unpaired) electrons. The Morgan fingerprint density at radius 1 is 1.00 bits per heavy atom. The number of fused-ring (bicyclic) bond motifs is 1. The van der Waals surface area contributed by atoms with Gasteiger partial charge in [-0.3, -0.25) is 0 Å². The van der Waals surface area contributed by atoms with Gasteiger partial charge in [-0.1, -0.05) is 30.2 Å². The Morgan fingerprint density at radius 3 is 2.72 bits per heavy atom. The van der Waals surface area contributed by atoms with Crippen molar-refractivity contribution in [2.75, 3.05) is 0 Å². The summed E-state index contributed by atoms with van der Waals surface area (Å²) >= 11 is 0. The number of oxazole rings is 1. The first-order valence-corrected chi connectivity index (χ1v) is 5.75. The van der Waals surface area contributed by atoms with Crippen molar-refractivity contribution in [3.05, 3.63) is 65.5 Å². The van der Waals surface area contributed by atoms with Crippen LogP contribution in [0.2, 0.25) is 0 Å². The average molecular weight is 233 g/mol. The third kappa shape index (κ3) is 2.11. The first kappa shape index (κ1) is 10.6.